The van der Waals surface area contributed by atoms with Crippen molar-refractivity contribution in [1.29, 1.82) is 0 Å². The summed E-state index contributed by atoms with van der Waals surface area (Å²) in [5, 5.41) is 0.389. The van der Waals surface area contributed by atoms with Crippen molar-refractivity contribution in [3.63, 3.8) is 0 Å². The van der Waals surface area contributed by atoms with Crippen LogP contribution in [0.5, 0.6) is 0 Å². The maximum absolute atomic E-state index is 14.1. The van der Waals surface area contributed by atoms with Crippen molar-refractivity contribution >= 4 is 17.5 Å². The molecule has 3 aliphatic rings. The smallest absolute Gasteiger partial charge is 0.256 e. The predicted molar refractivity (Wildman–Crippen MR) is 94.4 cm³/mol. The highest BCUT2D eigenvalue weighted by atomic mass is 35.5. The van der Waals surface area contributed by atoms with Crippen LogP contribution in [0.25, 0.3) is 0 Å². The molecule has 6 heteroatoms. The molecule has 4 rings (SSSR count). The van der Waals surface area contributed by atoms with Crippen molar-refractivity contribution in [2.45, 2.75) is 43.7 Å². The quantitative estimate of drug-likeness (QED) is 0.822. The van der Waals surface area contributed by atoms with Gasteiger partial charge in [0, 0.05) is 43.3 Å². The number of rotatable bonds is 3. The summed E-state index contributed by atoms with van der Waals surface area (Å²) in [7, 11) is 0. The molecule has 1 aromatic carbocycles. The zero-order valence-corrected chi connectivity index (χ0v) is 15.1. The van der Waals surface area contributed by atoms with E-state index in [-0.39, 0.29) is 17.0 Å². The second-order valence-corrected chi connectivity index (χ2v) is 7.95. The van der Waals surface area contributed by atoms with Crippen molar-refractivity contribution in [3.8, 4) is 0 Å². The molecule has 0 radical (unpaired) electrons. The zero-order chi connectivity index (χ0) is 17.4. The second-order valence-electron chi connectivity index (χ2n) is 7.51. The number of benzene rings is 1. The van der Waals surface area contributed by atoms with E-state index in [1.54, 1.807) is 4.90 Å². The van der Waals surface area contributed by atoms with E-state index < -0.39 is 5.82 Å². The molecule has 0 N–H and O–H groups in total. The van der Waals surface area contributed by atoms with Gasteiger partial charge in [0.25, 0.3) is 5.91 Å². The first-order chi connectivity index (χ1) is 12.1. The molecule has 25 heavy (non-hydrogen) atoms. The van der Waals surface area contributed by atoms with Gasteiger partial charge in [-0.25, -0.2) is 4.39 Å². The van der Waals surface area contributed by atoms with Gasteiger partial charge < -0.3 is 9.64 Å². The lowest BCUT2D eigenvalue weighted by Gasteiger charge is -2.57. The Morgan fingerprint density at radius 2 is 2.20 bits per heavy atom. The van der Waals surface area contributed by atoms with Gasteiger partial charge in [-0.15, -0.1) is 0 Å². The third-order valence-electron chi connectivity index (χ3n) is 5.97. The standard InChI is InChI=1S/C19H24ClFN2O2/c20-14-4-5-17(21)16(11-14)18(24)22-8-2-6-19(13-22)7-9-23(19)12-15-3-1-10-25-15/h4-5,11,15H,1-3,6-10,12-13H2/t15-,19+/m1/s1. The minimum absolute atomic E-state index is 0.0505. The largest absolute Gasteiger partial charge is 0.377 e. The monoisotopic (exact) mass is 366 g/mol. The lowest BCUT2D eigenvalue weighted by atomic mass is 9.77. The fourth-order valence-electron chi connectivity index (χ4n) is 4.48. The van der Waals surface area contributed by atoms with Crippen molar-refractivity contribution in [2.75, 3.05) is 32.8 Å². The van der Waals surface area contributed by atoms with Crippen LogP contribution in [-0.2, 0) is 4.74 Å². The van der Waals surface area contributed by atoms with Gasteiger partial charge in [-0.1, -0.05) is 11.6 Å². The summed E-state index contributed by atoms with van der Waals surface area (Å²) in [5.41, 5.74) is 0.129. The minimum atomic E-state index is -0.501. The molecule has 0 bridgehead atoms. The van der Waals surface area contributed by atoms with Gasteiger partial charge in [-0.2, -0.15) is 0 Å². The highest BCUT2D eigenvalue weighted by Gasteiger charge is 2.48. The average molecular weight is 367 g/mol. The van der Waals surface area contributed by atoms with Crippen LogP contribution in [0.4, 0.5) is 4.39 Å². The number of hydrogen-bond acceptors (Lipinski definition) is 3. The van der Waals surface area contributed by atoms with E-state index in [9.17, 15) is 9.18 Å². The van der Waals surface area contributed by atoms with Crippen LogP contribution in [0.3, 0.4) is 0 Å². The SMILES string of the molecule is O=C(c1cc(Cl)ccc1F)N1CCC[C@]2(CCN2C[C@H]2CCCO2)C1. The van der Waals surface area contributed by atoms with Crippen LogP contribution in [-0.4, -0.2) is 60.1 Å². The predicted octanol–water partition coefficient (Wildman–Crippen LogP) is 3.34. The fraction of sp³-hybridized carbons (Fsp3) is 0.632. The van der Waals surface area contributed by atoms with Crippen LogP contribution in [0, 0.1) is 5.82 Å². The Kier molecular flexibility index (Phi) is 4.73. The van der Waals surface area contributed by atoms with Crippen LogP contribution in [0.1, 0.15) is 42.5 Å². The molecule has 0 unspecified atom stereocenters. The van der Waals surface area contributed by atoms with Crippen LogP contribution in [0.2, 0.25) is 5.02 Å². The van der Waals surface area contributed by atoms with Gasteiger partial charge in [0.15, 0.2) is 0 Å². The van der Waals surface area contributed by atoms with E-state index in [1.807, 2.05) is 0 Å². The van der Waals surface area contributed by atoms with E-state index in [0.29, 0.717) is 24.2 Å². The highest BCUT2D eigenvalue weighted by Crippen LogP contribution is 2.39. The molecule has 0 aliphatic carbocycles. The number of nitrogens with zero attached hydrogens (tertiary/aromatic N) is 2. The Hall–Kier alpha value is -1.17. The van der Waals surface area contributed by atoms with E-state index in [4.69, 9.17) is 16.3 Å². The normalized spacial score (nSPS) is 29.8. The summed E-state index contributed by atoms with van der Waals surface area (Å²) in [4.78, 5) is 17.1. The Labute approximate surface area is 152 Å². The van der Waals surface area contributed by atoms with E-state index in [1.165, 1.54) is 18.2 Å². The van der Waals surface area contributed by atoms with E-state index in [2.05, 4.69) is 4.90 Å². The van der Waals surface area contributed by atoms with Crippen LogP contribution in [0.15, 0.2) is 18.2 Å². The number of likely N-dealkylation sites (tertiary alicyclic amines) is 2. The molecule has 3 fully saturated rings. The topological polar surface area (TPSA) is 32.8 Å². The van der Waals surface area contributed by atoms with Gasteiger partial charge in [-0.3, -0.25) is 9.69 Å². The van der Waals surface area contributed by atoms with Crippen LogP contribution >= 0.6 is 11.6 Å². The molecule has 4 nitrogen and oxygen atoms in total. The molecule has 1 amide bonds. The number of amides is 1. The molecule has 1 aromatic rings. The molecule has 3 heterocycles. The molecular weight excluding hydrogens is 343 g/mol. The van der Waals surface area contributed by atoms with Gasteiger partial charge in [0.1, 0.15) is 5.82 Å². The summed E-state index contributed by atoms with van der Waals surface area (Å²) in [6.45, 7) is 4.23. The number of carbonyl (C=O) groups excluding carboxylic acids is 1. The Morgan fingerprint density at radius 1 is 1.32 bits per heavy atom. The van der Waals surface area contributed by atoms with Gasteiger partial charge in [0.2, 0.25) is 0 Å². The Morgan fingerprint density at radius 3 is 2.92 bits per heavy atom. The first-order valence-electron chi connectivity index (χ1n) is 9.18. The Balaban J connectivity index is 1.47. The average Bonchev–Trinajstić information content (AvgIpc) is 3.14. The third-order valence-corrected chi connectivity index (χ3v) is 6.20. The lowest BCUT2D eigenvalue weighted by molar-refractivity contribution is -0.0807. The molecule has 3 aliphatic heterocycles. The molecule has 1 spiro atoms. The zero-order valence-electron chi connectivity index (χ0n) is 14.3. The maximum atomic E-state index is 14.1. The van der Waals surface area contributed by atoms with E-state index >= 15 is 0 Å². The van der Waals surface area contributed by atoms with Gasteiger partial charge in [-0.05, 0) is 50.3 Å². The molecular formula is C19H24ClFN2O2. The number of hydrogen-bond donors (Lipinski definition) is 0. The van der Waals surface area contributed by atoms with Gasteiger partial charge >= 0.3 is 0 Å². The highest BCUT2D eigenvalue weighted by molar-refractivity contribution is 6.31. The number of piperidine rings is 1. The summed E-state index contributed by atoms with van der Waals surface area (Å²) in [6, 6.07) is 4.18. The second kappa shape index (κ2) is 6.86. The summed E-state index contributed by atoms with van der Waals surface area (Å²) >= 11 is 5.95. The fourth-order valence-corrected chi connectivity index (χ4v) is 4.66. The molecule has 0 saturated carbocycles. The molecule has 0 aromatic heterocycles. The van der Waals surface area contributed by atoms with Gasteiger partial charge in [0.05, 0.1) is 11.7 Å². The number of ether oxygens (including phenoxy) is 1. The van der Waals surface area contributed by atoms with Crippen molar-refractivity contribution < 1.29 is 13.9 Å². The van der Waals surface area contributed by atoms with Crippen molar-refractivity contribution in [1.82, 2.24) is 9.80 Å². The molecule has 136 valence electrons. The van der Waals surface area contributed by atoms with Crippen molar-refractivity contribution in [2.24, 2.45) is 0 Å². The van der Waals surface area contributed by atoms with Crippen LogP contribution < -0.4 is 0 Å². The lowest BCUT2D eigenvalue weighted by Crippen LogP contribution is -2.68. The molecule has 2 atom stereocenters. The summed E-state index contributed by atoms with van der Waals surface area (Å²) in [5.74, 6) is -0.748. The first-order valence-corrected chi connectivity index (χ1v) is 9.56. The summed E-state index contributed by atoms with van der Waals surface area (Å²) in [6.07, 6.45) is 5.75. The van der Waals surface area contributed by atoms with E-state index in [0.717, 1.165) is 51.8 Å². The summed E-state index contributed by atoms with van der Waals surface area (Å²) < 4.78 is 19.9. The number of carbonyl (C=O) groups is 1. The maximum Gasteiger partial charge on any atom is 0.256 e. The molecule has 3 saturated heterocycles. The minimum Gasteiger partial charge on any atom is -0.377 e. The third kappa shape index (κ3) is 3.29. The Bertz CT molecular complexity index is 665. The van der Waals surface area contributed by atoms with Crippen molar-refractivity contribution in [3.05, 3.63) is 34.6 Å². The number of halogens is 2. The first kappa shape index (κ1) is 17.3.